The Morgan fingerprint density at radius 1 is 1.17 bits per heavy atom. The first-order valence-electron chi connectivity index (χ1n) is 9.60. The summed E-state index contributed by atoms with van der Waals surface area (Å²) in [5, 5.41) is 9.63. The monoisotopic (exact) mass is 416 g/mol. The van der Waals surface area contributed by atoms with E-state index >= 15 is 0 Å². The third-order valence-corrected chi connectivity index (χ3v) is 4.95. The zero-order chi connectivity index (χ0) is 22.1. The van der Waals surface area contributed by atoms with Gasteiger partial charge in [0, 0.05) is 23.8 Å². The van der Waals surface area contributed by atoms with Crippen molar-refractivity contribution in [2.24, 2.45) is 10.9 Å². The van der Waals surface area contributed by atoms with E-state index in [0.29, 0.717) is 29.3 Å². The van der Waals surface area contributed by atoms with Crippen molar-refractivity contribution in [2.75, 3.05) is 4.90 Å². The van der Waals surface area contributed by atoms with Gasteiger partial charge < -0.3 is 10.0 Å². The molecule has 0 bridgehead atoms. The van der Waals surface area contributed by atoms with Gasteiger partial charge in [-0.15, -0.1) is 0 Å². The van der Waals surface area contributed by atoms with E-state index in [4.69, 9.17) is 0 Å². The number of hydrogen-bond donors (Lipinski definition) is 1. The van der Waals surface area contributed by atoms with Gasteiger partial charge in [-0.2, -0.15) is 13.2 Å². The second kappa shape index (κ2) is 8.34. The molecule has 0 fully saturated rings. The second-order valence-corrected chi connectivity index (χ2v) is 7.73. The molecule has 1 N–H and O–H groups in total. The van der Waals surface area contributed by atoms with Crippen LogP contribution in [-0.4, -0.2) is 22.8 Å². The van der Waals surface area contributed by atoms with Gasteiger partial charge in [-0.1, -0.05) is 32.0 Å². The molecule has 0 spiro atoms. The molecule has 1 atom stereocenters. The Balaban J connectivity index is 2.03. The third kappa shape index (κ3) is 4.56. The lowest BCUT2D eigenvalue weighted by Crippen LogP contribution is -2.44. The number of aliphatic imine (C=N–C) groups is 1. The van der Waals surface area contributed by atoms with Gasteiger partial charge in [-0.05, 0) is 60.2 Å². The Labute approximate surface area is 173 Å². The molecule has 0 amide bonds. The molecule has 2 aromatic rings. The Morgan fingerprint density at radius 3 is 2.40 bits per heavy atom. The molecule has 1 unspecified atom stereocenters. The molecule has 0 saturated carbocycles. The predicted molar refractivity (Wildman–Crippen MR) is 112 cm³/mol. The van der Waals surface area contributed by atoms with Crippen LogP contribution in [0.3, 0.4) is 0 Å². The van der Waals surface area contributed by atoms with Gasteiger partial charge in [0.05, 0.1) is 5.56 Å². The van der Waals surface area contributed by atoms with Crippen LogP contribution < -0.4 is 4.90 Å². The normalized spacial score (nSPS) is 16.7. The van der Waals surface area contributed by atoms with Crippen LogP contribution in [0, 0.1) is 5.92 Å². The molecular weight excluding hydrogens is 393 g/mol. The van der Waals surface area contributed by atoms with Crippen molar-refractivity contribution in [3.63, 3.8) is 0 Å². The number of carboxylic acid groups (broad SMARTS) is 1. The largest absolute Gasteiger partial charge is 0.479 e. The van der Waals surface area contributed by atoms with Crippen LogP contribution in [0.5, 0.6) is 0 Å². The summed E-state index contributed by atoms with van der Waals surface area (Å²) >= 11 is 0. The molecule has 4 nitrogen and oxygen atoms in total. The summed E-state index contributed by atoms with van der Waals surface area (Å²) in [5.41, 5.74) is 2.94. The van der Waals surface area contributed by atoms with Crippen molar-refractivity contribution in [1.29, 1.82) is 0 Å². The summed E-state index contributed by atoms with van der Waals surface area (Å²) in [5.74, 6) is -0.693. The fourth-order valence-corrected chi connectivity index (χ4v) is 3.58. The molecule has 2 aromatic carbocycles. The van der Waals surface area contributed by atoms with Crippen molar-refractivity contribution < 1.29 is 23.1 Å². The van der Waals surface area contributed by atoms with Gasteiger partial charge in [0.25, 0.3) is 0 Å². The summed E-state index contributed by atoms with van der Waals surface area (Å²) < 4.78 is 38.7. The number of carboxylic acids is 1. The summed E-state index contributed by atoms with van der Waals surface area (Å²) in [6, 6.07) is 9.73. The van der Waals surface area contributed by atoms with Gasteiger partial charge in [-0.25, -0.2) is 4.79 Å². The molecule has 1 aliphatic rings. The van der Waals surface area contributed by atoms with Crippen LogP contribution in [0.25, 0.3) is 11.1 Å². The zero-order valence-electron chi connectivity index (χ0n) is 16.9. The smallest absolute Gasteiger partial charge is 0.416 e. The molecular formula is C23H23F3N2O2. The first-order chi connectivity index (χ1) is 14.1. The minimum Gasteiger partial charge on any atom is -0.479 e. The number of anilines is 1. The van der Waals surface area contributed by atoms with E-state index in [9.17, 15) is 23.1 Å². The third-order valence-electron chi connectivity index (χ3n) is 4.95. The van der Waals surface area contributed by atoms with Crippen LogP contribution in [0.4, 0.5) is 18.9 Å². The highest BCUT2D eigenvalue weighted by atomic mass is 19.4. The topological polar surface area (TPSA) is 52.9 Å². The van der Waals surface area contributed by atoms with E-state index in [1.54, 1.807) is 30.3 Å². The van der Waals surface area contributed by atoms with E-state index in [2.05, 4.69) is 18.8 Å². The van der Waals surface area contributed by atoms with E-state index < -0.39 is 23.8 Å². The fourth-order valence-electron chi connectivity index (χ4n) is 3.58. The summed E-state index contributed by atoms with van der Waals surface area (Å²) in [4.78, 5) is 17.5. The minimum absolute atomic E-state index is 0.309. The highest BCUT2D eigenvalue weighted by Gasteiger charge is 2.31. The van der Waals surface area contributed by atoms with Crippen molar-refractivity contribution >= 4 is 17.4 Å². The lowest BCUT2D eigenvalue weighted by atomic mass is 9.92. The predicted octanol–water partition coefficient (Wildman–Crippen LogP) is 5.78. The van der Waals surface area contributed by atoms with Crippen LogP contribution in [0.15, 0.2) is 59.9 Å². The van der Waals surface area contributed by atoms with E-state index in [1.807, 2.05) is 12.1 Å². The molecule has 158 valence electrons. The summed E-state index contributed by atoms with van der Waals surface area (Å²) in [6.45, 7) is 5.78. The van der Waals surface area contributed by atoms with Gasteiger partial charge in [0.2, 0.25) is 0 Å². The number of hydrogen-bond acceptors (Lipinski definition) is 3. The molecule has 0 aliphatic carbocycles. The van der Waals surface area contributed by atoms with Crippen LogP contribution >= 0.6 is 0 Å². The molecule has 1 aliphatic heterocycles. The molecule has 30 heavy (non-hydrogen) atoms. The number of carbonyl (C=O) groups is 1. The SMILES string of the molecule is CC1=NC=CN(c2ccc(-c3ccc(C(F)(F)F)cc3)c(CC(C)C)c2)C1C(=O)O. The molecule has 0 saturated heterocycles. The average molecular weight is 416 g/mol. The maximum atomic E-state index is 12.9. The van der Waals surface area contributed by atoms with Crippen molar-refractivity contribution in [3.05, 3.63) is 66.0 Å². The van der Waals surface area contributed by atoms with E-state index in [1.165, 1.54) is 12.1 Å². The number of aliphatic carboxylic acids is 1. The summed E-state index contributed by atoms with van der Waals surface area (Å²) in [6.07, 6.45) is -0.500. The average Bonchev–Trinajstić information content (AvgIpc) is 2.66. The Kier molecular flexibility index (Phi) is 6.01. The van der Waals surface area contributed by atoms with Crippen molar-refractivity contribution in [3.8, 4) is 11.1 Å². The standard InChI is InChI=1S/C23H23F3N2O2/c1-14(2)12-17-13-19(28-11-10-27-15(3)21(28)22(29)30)8-9-20(17)16-4-6-18(7-5-16)23(24,25)26/h4-11,13-14,21H,12H2,1-3H3,(H,29,30). The zero-order valence-corrected chi connectivity index (χ0v) is 16.9. The maximum absolute atomic E-state index is 12.9. The maximum Gasteiger partial charge on any atom is 0.416 e. The van der Waals surface area contributed by atoms with E-state index in [0.717, 1.165) is 23.3 Å². The first-order valence-corrected chi connectivity index (χ1v) is 9.60. The Hall–Kier alpha value is -3.09. The van der Waals surface area contributed by atoms with Gasteiger partial charge >= 0.3 is 12.1 Å². The van der Waals surface area contributed by atoms with Crippen LogP contribution in [-0.2, 0) is 17.4 Å². The highest BCUT2D eigenvalue weighted by molar-refractivity contribution is 6.08. The number of halogens is 3. The number of rotatable bonds is 5. The molecule has 1 heterocycles. The number of benzene rings is 2. The molecule has 3 rings (SSSR count). The molecule has 7 heteroatoms. The molecule has 0 aromatic heterocycles. The minimum atomic E-state index is -4.38. The summed E-state index contributed by atoms with van der Waals surface area (Å²) in [7, 11) is 0. The molecule has 0 radical (unpaired) electrons. The Morgan fingerprint density at radius 2 is 1.83 bits per heavy atom. The van der Waals surface area contributed by atoms with Crippen molar-refractivity contribution in [2.45, 2.75) is 39.4 Å². The highest BCUT2D eigenvalue weighted by Crippen LogP contribution is 2.34. The number of nitrogens with zero attached hydrogens (tertiary/aromatic N) is 2. The fraction of sp³-hybridized carbons (Fsp3) is 0.304. The Bertz CT molecular complexity index is 992. The van der Waals surface area contributed by atoms with Gasteiger partial charge in [0.15, 0.2) is 6.04 Å². The van der Waals surface area contributed by atoms with Gasteiger partial charge in [0.1, 0.15) is 0 Å². The lowest BCUT2D eigenvalue weighted by molar-refractivity contribution is -0.138. The van der Waals surface area contributed by atoms with Crippen molar-refractivity contribution in [1.82, 2.24) is 0 Å². The number of alkyl halides is 3. The van der Waals surface area contributed by atoms with Crippen LogP contribution in [0.1, 0.15) is 31.9 Å². The second-order valence-electron chi connectivity index (χ2n) is 7.73. The quantitative estimate of drug-likeness (QED) is 0.673. The van der Waals surface area contributed by atoms with Gasteiger partial charge in [-0.3, -0.25) is 4.99 Å². The lowest BCUT2D eigenvalue weighted by Gasteiger charge is -2.30. The van der Waals surface area contributed by atoms with Crippen LogP contribution in [0.2, 0.25) is 0 Å². The van der Waals surface area contributed by atoms with E-state index in [-0.39, 0.29) is 0 Å². The first kappa shape index (κ1) is 21.6.